The van der Waals surface area contributed by atoms with Crippen molar-refractivity contribution in [2.24, 2.45) is 5.92 Å². The third-order valence-electron chi connectivity index (χ3n) is 4.82. The highest BCUT2D eigenvalue weighted by Gasteiger charge is 2.28. The lowest BCUT2D eigenvalue weighted by atomic mass is 9.89. The van der Waals surface area contributed by atoms with Crippen molar-refractivity contribution in [2.75, 3.05) is 18.4 Å². The van der Waals surface area contributed by atoms with E-state index in [0.29, 0.717) is 11.7 Å². The van der Waals surface area contributed by atoms with Gasteiger partial charge in [-0.15, -0.1) is 0 Å². The molecule has 1 aliphatic rings. The van der Waals surface area contributed by atoms with Crippen LogP contribution in [0, 0.1) is 12.8 Å². The predicted molar refractivity (Wildman–Crippen MR) is 104 cm³/mol. The standard InChI is InChI=1S/C20H29N5O2/c1-12(2)19(26)25-8-6-15(7-9-25)18-16(17-10-14(5)24-27-17)11-21-20(23-18)22-13(3)4/h10-13,15H,6-9H2,1-5H3,(H,21,22,23). The molecule has 0 atom stereocenters. The largest absolute Gasteiger partial charge is 0.356 e. The van der Waals surface area contributed by atoms with Crippen molar-refractivity contribution >= 4 is 11.9 Å². The van der Waals surface area contributed by atoms with Gasteiger partial charge in [-0.3, -0.25) is 4.79 Å². The number of hydrogen-bond donors (Lipinski definition) is 1. The molecule has 1 N–H and O–H groups in total. The van der Waals surface area contributed by atoms with Crippen LogP contribution >= 0.6 is 0 Å². The Labute approximate surface area is 160 Å². The molecule has 0 aliphatic carbocycles. The van der Waals surface area contributed by atoms with E-state index in [1.165, 1.54) is 0 Å². The molecule has 2 aromatic rings. The molecule has 3 rings (SSSR count). The maximum Gasteiger partial charge on any atom is 0.225 e. The highest BCUT2D eigenvalue weighted by atomic mass is 16.5. The summed E-state index contributed by atoms with van der Waals surface area (Å²) in [7, 11) is 0. The van der Waals surface area contributed by atoms with Gasteiger partial charge in [-0.1, -0.05) is 19.0 Å². The third-order valence-corrected chi connectivity index (χ3v) is 4.82. The molecule has 0 saturated carbocycles. The van der Waals surface area contributed by atoms with Crippen molar-refractivity contribution in [3.8, 4) is 11.3 Å². The number of aryl methyl sites for hydroxylation is 1. The second-order valence-electron chi connectivity index (χ2n) is 7.88. The average molecular weight is 371 g/mol. The molecule has 0 aromatic carbocycles. The quantitative estimate of drug-likeness (QED) is 0.864. The first-order valence-electron chi connectivity index (χ1n) is 9.71. The fraction of sp³-hybridized carbons (Fsp3) is 0.600. The van der Waals surface area contributed by atoms with Crippen molar-refractivity contribution in [3.05, 3.63) is 23.7 Å². The van der Waals surface area contributed by atoms with Gasteiger partial charge in [0.1, 0.15) is 0 Å². The van der Waals surface area contributed by atoms with Gasteiger partial charge in [-0.25, -0.2) is 9.97 Å². The molecule has 0 radical (unpaired) electrons. The number of aromatic nitrogens is 3. The second kappa shape index (κ2) is 8.06. The van der Waals surface area contributed by atoms with Crippen molar-refractivity contribution in [2.45, 2.75) is 59.4 Å². The summed E-state index contributed by atoms with van der Waals surface area (Å²) in [5.41, 5.74) is 2.69. The van der Waals surface area contributed by atoms with Crippen LogP contribution in [0.4, 0.5) is 5.95 Å². The summed E-state index contributed by atoms with van der Waals surface area (Å²) in [4.78, 5) is 23.5. The normalized spacial score (nSPS) is 15.6. The van der Waals surface area contributed by atoms with Crippen LogP contribution < -0.4 is 5.32 Å². The van der Waals surface area contributed by atoms with Crippen molar-refractivity contribution in [1.82, 2.24) is 20.0 Å². The number of carbonyl (C=O) groups excluding carboxylic acids is 1. The molecular weight excluding hydrogens is 342 g/mol. The molecule has 2 aromatic heterocycles. The van der Waals surface area contributed by atoms with Crippen LogP contribution in [0.2, 0.25) is 0 Å². The highest BCUT2D eigenvalue weighted by molar-refractivity contribution is 5.78. The van der Waals surface area contributed by atoms with Gasteiger partial charge in [0.15, 0.2) is 5.76 Å². The fourth-order valence-electron chi connectivity index (χ4n) is 3.45. The van der Waals surface area contributed by atoms with Crippen LogP contribution in [-0.4, -0.2) is 45.1 Å². The van der Waals surface area contributed by atoms with Crippen molar-refractivity contribution < 1.29 is 9.32 Å². The lowest BCUT2D eigenvalue weighted by molar-refractivity contribution is -0.135. The molecule has 1 amide bonds. The van der Waals surface area contributed by atoms with Gasteiger partial charge < -0.3 is 14.7 Å². The fourth-order valence-corrected chi connectivity index (χ4v) is 3.45. The molecule has 0 unspecified atom stereocenters. The van der Waals surface area contributed by atoms with E-state index in [-0.39, 0.29) is 23.8 Å². The van der Waals surface area contributed by atoms with Crippen LogP contribution in [0.25, 0.3) is 11.3 Å². The van der Waals surface area contributed by atoms with Gasteiger partial charge in [0, 0.05) is 43.2 Å². The smallest absolute Gasteiger partial charge is 0.225 e. The molecule has 146 valence electrons. The maximum absolute atomic E-state index is 12.3. The minimum atomic E-state index is 0.0372. The molecular formula is C20H29N5O2. The van der Waals surface area contributed by atoms with Gasteiger partial charge >= 0.3 is 0 Å². The summed E-state index contributed by atoms with van der Waals surface area (Å²) in [6.45, 7) is 11.4. The SMILES string of the molecule is Cc1cc(-c2cnc(NC(C)C)nc2C2CCN(C(=O)C(C)C)CC2)on1. The Balaban J connectivity index is 1.87. The average Bonchev–Trinajstić information content (AvgIpc) is 3.07. The van der Waals surface area contributed by atoms with Gasteiger partial charge in [-0.2, -0.15) is 0 Å². The lowest BCUT2D eigenvalue weighted by Crippen LogP contribution is -2.40. The van der Waals surface area contributed by atoms with E-state index < -0.39 is 0 Å². The minimum Gasteiger partial charge on any atom is -0.356 e. The molecule has 7 heteroatoms. The third kappa shape index (κ3) is 4.46. The topological polar surface area (TPSA) is 84.2 Å². The first-order valence-corrected chi connectivity index (χ1v) is 9.71. The van der Waals surface area contributed by atoms with Crippen LogP contribution in [0.1, 0.15) is 57.8 Å². The number of nitrogens with zero attached hydrogens (tertiary/aromatic N) is 4. The molecule has 0 bridgehead atoms. The predicted octanol–water partition coefficient (Wildman–Crippen LogP) is 3.62. The van der Waals surface area contributed by atoms with E-state index in [9.17, 15) is 4.79 Å². The number of anilines is 1. The number of likely N-dealkylation sites (tertiary alicyclic amines) is 1. The summed E-state index contributed by atoms with van der Waals surface area (Å²) >= 11 is 0. The zero-order valence-corrected chi connectivity index (χ0v) is 16.8. The van der Waals surface area contributed by atoms with E-state index in [1.807, 2.05) is 37.9 Å². The van der Waals surface area contributed by atoms with E-state index in [4.69, 9.17) is 9.51 Å². The van der Waals surface area contributed by atoms with E-state index >= 15 is 0 Å². The maximum atomic E-state index is 12.3. The first-order chi connectivity index (χ1) is 12.8. The zero-order valence-electron chi connectivity index (χ0n) is 16.8. The van der Waals surface area contributed by atoms with E-state index in [1.54, 1.807) is 0 Å². The molecule has 7 nitrogen and oxygen atoms in total. The Kier molecular flexibility index (Phi) is 5.77. The molecule has 1 saturated heterocycles. The molecule has 3 heterocycles. The monoisotopic (exact) mass is 371 g/mol. The van der Waals surface area contributed by atoms with E-state index in [0.717, 1.165) is 42.9 Å². The molecule has 0 spiro atoms. The number of piperidine rings is 1. The summed E-state index contributed by atoms with van der Waals surface area (Å²) in [6.07, 6.45) is 3.59. The summed E-state index contributed by atoms with van der Waals surface area (Å²) in [6, 6.07) is 2.16. The Hall–Kier alpha value is -2.44. The number of rotatable bonds is 5. The number of nitrogens with one attached hydrogen (secondary N) is 1. The number of carbonyl (C=O) groups is 1. The number of amides is 1. The molecule has 1 fully saturated rings. The Morgan fingerprint density at radius 3 is 2.52 bits per heavy atom. The van der Waals surface area contributed by atoms with Gasteiger partial charge in [0.05, 0.1) is 17.0 Å². The summed E-state index contributed by atoms with van der Waals surface area (Å²) in [5, 5.41) is 7.28. The van der Waals surface area contributed by atoms with Crippen molar-refractivity contribution in [1.29, 1.82) is 0 Å². The first kappa shape index (κ1) is 19.3. The van der Waals surface area contributed by atoms with Crippen LogP contribution in [0.15, 0.2) is 16.8 Å². The summed E-state index contributed by atoms with van der Waals surface area (Å²) < 4.78 is 5.48. The molecule has 1 aliphatic heterocycles. The van der Waals surface area contributed by atoms with Gasteiger partial charge in [0.2, 0.25) is 11.9 Å². The van der Waals surface area contributed by atoms with Gasteiger partial charge in [0.25, 0.3) is 0 Å². The zero-order chi connectivity index (χ0) is 19.6. The lowest BCUT2D eigenvalue weighted by Gasteiger charge is -2.33. The van der Waals surface area contributed by atoms with Crippen LogP contribution in [0.3, 0.4) is 0 Å². The highest BCUT2D eigenvalue weighted by Crippen LogP contribution is 2.35. The Morgan fingerprint density at radius 1 is 1.26 bits per heavy atom. The van der Waals surface area contributed by atoms with Gasteiger partial charge in [-0.05, 0) is 33.6 Å². The Morgan fingerprint density at radius 2 is 1.96 bits per heavy atom. The summed E-state index contributed by atoms with van der Waals surface area (Å²) in [5.74, 6) is 1.84. The second-order valence-corrected chi connectivity index (χ2v) is 7.88. The molecule has 27 heavy (non-hydrogen) atoms. The number of hydrogen-bond acceptors (Lipinski definition) is 6. The minimum absolute atomic E-state index is 0.0372. The van der Waals surface area contributed by atoms with Crippen LogP contribution in [-0.2, 0) is 4.79 Å². The van der Waals surface area contributed by atoms with E-state index in [2.05, 4.69) is 29.3 Å². The van der Waals surface area contributed by atoms with Crippen molar-refractivity contribution in [3.63, 3.8) is 0 Å². The Bertz CT molecular complexity index is 791. The van der Waals surface area contributed by atoms with Crippen LogP contribution in [0.5, 0.6) is 0 Å².